The van der Waals surface area contributed by atoms with Gasteiger partial charge in [-0.3, -0.25) is 9.58 Å². The van der Waals surface area contributed by atoms with Crippen LogP contribution >= 0.6 is 11.6 Å². The summed E-state index contributed by atoms with van der Waals surface area (Å²) in [4.78, 5) is 15.9. The zero-order valence-corrected chi connectivity index (χ0v) is 30.5. The highest BCUT2D eigenvalue weighted by Gasteiger charge is 2.32. The van der Waals surface area contributed by atoms with Gasteiger partial charge in [-0.1, -0.05) is 17.7 Å². The SMILES string of the molecule is CC(C)OCCCOc1nn([C@H]2CC[C@H](N3C[C@@H](C)O[C@@H](C)C3)CC2)cc1Nc1ncc(-c2ccc(Cl)c(O[C@@H](C)Cn3cncn3)c2)cn1. The van der Waals surface area contributed by atoms with Crippen LogP contribution in [0.1, 0.15) is 72.8 Å². The summed E-state index contributed by atoms with van der Waals surface area (Å²) in [6, 6.07) is 6.54. The Bertz CT molecular complexity index is 1620. The quantitative estimate of drug-likeness (QED) is 0.135. The summed E-state index contributed by atoms with van der Waals surface area (Å²) in [5.74, 6) is 1.57. The molecule has 4 heterocycles. The molecule has 1 N–H and O–H groups in total. The van der Waals surface area contributed by atoms with Crippen molar-refractivity contribution in [1.29, 1.82) is 0 Å². The first-order valence-corrected chi connectivity index (χ1v) is 18.2. The van der Waals surface area contributed by atoms with E-state index in [1.807, 2.05) is 45.2 Å². The molecule has 0 amide bonds. The third-order valence-electron chi connectivity index (χ3n) is 9.08. The van der Waals surface area contributed by atoms with Crippen LogP contribution in [0.5, 0.6) is 11.6 Å². The summed E-state index contributed by atoms with van der Waals surface area (Å²) in [7, 11) is 0. The van der Waals surface area contributed by atoms with Crippen LogP contribution in [-0.4, -0.2) is 96.2 Å². The summed E-state index contributed by atoms with van der Waals surface area (Å²) >= 11 is 6.48. The van der Waals surface area contributed by atoms with Gasteiger partial charge in [0.25, 0.3) is 5.88 Å². The molecule has 0 spiro atoms. The van der Waals surface area contributed by atoms with Gasteiger partial charge in [0.15, 0.2) is 0 Å². The fraction of sp³-hybridized carbons (Fsp3) is 0.583. The number of morpholine rings is 1. The molecule has 50 heavy (non-hydrogen) atoms. The smallest absolute Gasteiger partial charge is 0.256 e. The van der Waals surface area contributed by atoms with Crippen LogP contribution in [0, 0.1) is 0 Å². The summed E-state index contributed by atoms with van der Waals surface area (Å²) in [6.45, 7) is 14.1. The molecule has 4 aromatic rings. The lowest BCUT2D eigenvalue weighted by Crippen LogP contribution is -2.51. The molecule has 3 aromatic heterocycles. The van der Waals surface area contributed by atoms with Crippen LogP contribution in [-0.2, 0) is 16.0 Å². The van der Waals surface area contributed by atoms with Crippen molar-refractivity contribution < 1.29 is 18.9 Å². The molecule has 0 radical (unpaired) electrons. The van der Waals surface area contributed by atoms with E-state index in [9.17, 15) is 0 Å². The van der Waals surface area contributed by atoms with Crippen molar-refractivity contribution in [2.45, 2.75) is 110 Å². The van der Waals surface area contributed by atoms with E-state index in [0.29, 0.717) is 54.4 Å². The fourth-order valence-electron chi connectivity index (χ4n) is 6.78. The lowest BCUT2D eigenvalue weighted by molar-refractivity contribution is -0.0852. The highest BCUT2D eigenvalue weighted by atomic mass is 35.5. The fourth-order valence-corrected chi connectivity index (χ4v) is 6.95. The van der Waals surface area contributed by atoms with E-state index in [4.69, 9.17) is 35.6 Å². The average Bonchev–Trinajstić information content (AvgIpc) is 3.75. The molecule has 13 nitrogen and oxygen atoms in total. The molecule has 0 unspecified atom stereocenters. The first-order valence-electron chi connectivity index (χ1n) is 17.8. The van der Waals surface area contributed by atoms with Gasteiger partial charge in [-0.25, -0.2) is 19.6 Å². The highest BCUT2D eigenvalue weighted by Crippen LogP contribution is 2.36. The van der Waals surface area contributed by atoms with Gasteiger partial charge in [0.2, 0.25) is 5.95 Å². The van der Waals surface area contributed by atoms with Gasteiger partial charge >= 0.3 is 0 Å². The van der Waals surface area contributed by atoms with Gasteiger partial charge < -0.3 is 24.3 Å². The second-order valence-corrected chi connectivity index (χ2v) is 14.1. The predicted octanol–water partition coefficient (Wildman–Crippen LogP) is 6.58. The number of nitrogens with zero attached hydrogens (tertiary/aromatic N) is 8. The zero-order chi connectivity index (χ0) is 35.0. The second-order valence-electron chi connectivity index (χ2n) is 13.7. The molecule has 270 valence electrons. The van der Waals surface area contributed by atoms with E-state index in [2.05, 4.69) is 48.8 Å². The highest BCUT2D eigenvalue weighted by molar-refractivity contribution is 6.32. The third kappa shape index (κ3) is 9.71. The Labute approximate surface area is 299 Å². The molecule has 1 saturated carbocycles. The second kappa shape index (κ2) is 17.0. The minimum atomic E-state index is -0.167. The Morgan fingerprint density at radius 1 is 0.980 bits per heavy atom. The van der Waals surface area contributed by atoms with E-state index in [1.165, 1.54) is 6.33 Å². The van der Waals surface area contributed by atoms with Crippen molar-refractivity contribution in [1.82, 2.24) is 39.4 Å². The van der Waals surface area contributed by atoms with Gasteiger partial charge in [0, 0.05) is 43.5 Å². The van der Waals surface area contributed by atoms with Crippen LogP contribution < -0.4 is 14.8 Å². The number of nitrogens with one attached hydrogen (secondary N) is 1. The minimum absolute atomic E-state index is 0.167. The topological polar surface area (TPSA) is 127 Å². The Morgan fingerprint density at radius 3 is 2.42 bits per heavy atom. The molecule has 1 aromatic carbocycles. The van der Waals surface area contributed by atoms with Crippen molar-refractivity contribution >= 4 is 23.2 Å². The molecule has 14 heteroatoms. The van der Waals surface area contributed by atoms with E-state index < -0.39 is 0 Å². The number of benzene rings is 1. The molecule has 6 rings (SSSR count). The summed E-state index contributed by atoms with van der Waals surface area (Å²) < 4.78 is 27.8. The molecule has 2 fully saturated rings. The molecule has 1 saturated heterocycles. The summed E-state index contributed by atoms with van der Waals surface area (Å²) in [6.07, 6.45) is 14.5. The van der Waals surface area contributed by atoms with Crippen LogP contribution in [0.15, 0.2) is 49.4 Å². The van der Waals surface area contributed by atoms with E-state index >= 15 is 0 Å². The molecule has 3 atom stereocenters. The maximum absolute atomic E-state index is 6.48. The standard InChI is InChI=1S/C36H50ClN9O4/c1-24(2)47-13-6-14-48-35-33(21-46(43-35)31-10-8-30(9-11-31)44-18-25(3)49-26(4)19-44)42-36-39-16-29(17-40-36)28-7-12-32(37)34(15-28)50-27(5)20-45-23-38-22-41-45/h7,12,15-17,21-27,30-31H,6,8-11,13-14,18-20H2,1-5H3,(H,39,40,42)/t25-,26+,27-,30-,31-/m0/s1. The maximum Gasteiger partial charge on any atom is 0.256 e. The van der Waals surface area contributed by atoms with Crippen LogP contribution in [0.3, 0.4) is 0 Å². The third-order valence-corrected chi connectivity index (χ3v) is 9.40. The number of ether oxygens (including phenoxy) is 4. The van der Waals surface area contributed by atoms with Gasteiger partial charge in [0.1, 0.15) is 30.2 Å². The first kappa shape index (κ1) is 36.0. The number of hydrogen-bond acceptors (Lipinski definition) is 11. The first-order chi connectivity index (χ1) is 24.2. The largest absolute Gasteiger partial charge is 0.487 e. The lowest BCUT2D eigenvalue weighted by Gasteiger charge is -2.42. The average molecular weight is 708 g/mol. The van der Waals surface area contributed by atoms with E-state index in [-0.39, 0.29) is 24.4 Å². The summed E-state index contributed by atoms with van der Waals surface area (Å²) in [5, 5.41) is 13.0. The van der Waals surface area contributed by atoms with Gasteiger partial charge in [-0.15, -0.1) is 5.10 Å². The van der Waals surface area contributed by atoms with Crippen LogP contribution in [0.25, 0.3) is 11.1 Å². The molecular formula is C36H50ClN9O4. The van der Waals surface area contributed by atoms with E-state index in [0.717, 1.165) is 62.0 Å². The lowest BCUT2D eigenvalue weighted by atomic mass is 9.89. The molecule has 1 aliphatic heterocycles. The molecule has 2 aliphatic rings. The van der Waals surface area contributed by atoms with Crippen molar-refractivity contribution in [2.24, 2.45) is 0 Å². The van der Waals surface area contributed by atoms with Crippen molar-refractivity contribution in [3.63, 3.8) is 0 Å². The van der Waals surface area contributed by atoms with E-state index in [1.54, 1.807) is 23.4 Å². The normalized spacial score (nSPS) is 22.1. The van der Waals surface area contributed by atoms with Gasteiger partial charge in [-0.05, 0) is 78.0 Å². The Kier molecular flexibility index (Phi) is 12.2. The van der Waals surface area contributed by atoms with Crippen molar-refractivity contribution in [3.05, 3.63) is 54.5 Å². The predicted molar refractivity (Wildman–Crippen MR) is 192 cm³/mol. The summed E-state index contributed by atoms with van der Waals surface area (Å²) in [5.41, 5.74) is 2.46. The number of aromatic nitrogens is 7. The number of halogens is 1. The zero-order valence-electron chi connectivity index (χ0n) is 29.7. The van der Waals surface area contributed by atoms with Gasteiger partial charge in [0.05, 0.1) is 55.3 Å². The molecule has 1 aliphatic carbocycles. The number of hydrogen-bond donors (Lipinski definition) is 1. The van der Waals surface area contributed by atoms with Crippen molar-refractivity contribution in [3.8, 4) is 22.8 Å². The Hall–Kier alpha value is -3.78. The number of anilines is 2. The minimum Gasteiger partial charge on any atom is -0.487 e. The Balaban J connectivity index is 1.11. The Morgan fingerprint density at radius 2 is 1.72 bits per heavy atom. The van der Waals surface area contributed by atoms with Crippen molar-refractivity contribution in [2.75, 3.05) is 31.6 Å². The van der Waals surface area contributed by atoms with Crippen LogP contribution in [0.4, 0.5) is 11.6 Å². The molecule has 0 bridgehead atoms. The monoisotopic (exact) mass is 707 g/mol. The molecular weight excluding hydrogens is 658 g/mol. The number of rotatable bonds is 15. The van der Waals surface area contributed by atoms with Gasteiger partial charge in [-0.2, -0.15) is 5.10 Å². The van der Waals surface area contributed by atoms with Crippen LogP contribution in [0.2, 0.25) is 5.02 Å². The maximum atomic E-state index is 6.48.